The zero-order chi connectivity index (χ0) is 11.3. The molecule has 1 aromatic rings. The molecule has 0 saturated carbocycles. The third kappa shape index (κ3) is 4.58. The molecule has 0 aromatic heterocycles. The lowest BCUT2D eigenvalue weighted by atomic mass is 10.1. The summed E-state index contributed by atoms with van der Waals surface area (Å²) >= 11 is 0. The molecule has 1 aromatic carbocycles. The number of nitrogens with two attached hydrogens (primary N) is 1. The van der Waals surface area contributed by atoms with Crippen LogP contribution in [0.25, 0.3) is 0 Å². The summed E-state index contributed by atoms with van der Waals surface area (Å²) in [7, 11) is -0.752. The van der Waals surface area contributed by atoms with Crippen molar-refractivity contribution in [2.75, 3.05) is 5.75 Å². The van der Waals surface area contributed by atoms with Crippen LogP contribution in [0.4, 0.5) is 0 Å². The summed E-state index contributed by atoms with van der Waals surface area (Å²) in [6.07, 6.45) is 0. The van der Waals surface area contributed by atoms with Crippen LogP contribution < -0.4 is 5.73 Å². The van der Waals surface area contributed by atoms with Gasteiger partial charge in [0.05, 0.1) is 0 Å². The molecule has 3 heteroatoms. The summed E-state index contributed by atoms with van der Waals surface area (Å²) in [5.41, 5.74) is 7.78. The van der Waals surface area contributed by atoms with Crippen molar-refractivity contribution in [3.8, 4) is 0 Å². The number of benzene rings is 1. The monoisotopic (exact) mass is 225 g/mol. The van der Waals surface area contributed by atoms with Crippen LogP contribution in [0.1, 0.15) is 25.0 Å². The smallest absolute Gasteiger partial charge is 0.0485 e. The molecule has 0 saturated heterocycles. The van der Waals surface area contributed by atoms with E-state index in [9.17, 15) is 4.21 Å². The third-order valence-corrected chi connectivity index (χ3v) is 3.77. The third-order valence-electron chi connectivity index (χ3n) is 2.07. The molecule has 15 heavy (non-hydrogen) atoms. The molecular weight excluding hydrogens is 206 g/mol. The summed E-state index contributed by atoms with van der Waals surface area (Å²) in [6.45, 7) is 4.73. The molecule has 2 nitrogen and oxygen atoms in total. The van der Waals surface area contributed by atoms with E-state index in [4.69, 9.17) is 5.73 Å². The van der Waals surface area contributed by atoms with E-state index in [1.165, 1.54) is 0 Å². The Morgan fingerprint density at radius 3 is 2.60 bits per heavy atom. The van der Waals surface area contributed by atoms with Gasteiger partial charge in [-0.1, -0.05) is 38.1 Å². The molecule has 0 aliphatic carbocycles. The summed E-state index contributed by atoms with van der Waals surface area (Å²) in [5.74, 6) is 1.90. The molecule has 0 spiro atoms. The van der Waals surface area contributed by atoms with Crippen LogP contribution in [0.5, 0.6) is 0 Å². The molecule has 0 fully saturated rings. The fourth-order valence-electron chi connectivity index (χ4n) is 1.46. The molecule has 0 aliphatic heterocycles. The average molecular weight is 225 g/mol. The van der Waals surface area contributed by atoms with Crippen LogP contribution in [-0.4, -0.2) is 9.96 Å². The first-order valence-corrected chi connectivity index (χ1v) is 6.73. The van der Waals surface area contributed by atoms with Crippen LogP contribution >= 0.6 is 0 Å². The number of rotatable bonds is 5. The van der Waals surface area contributed by atoms with Crippen molar-refractivity contribution < 1.29 is 4.21 Å². The Bertz CT molecular complexity index is 336. The van der Waals surface area contributed by atoms with Gasteiger partial charge in [0.2, 0.25) is 0 Å². The lowest BCUT2D eigenvalue weighted by Crippen LogP contribution is -2.07. The minimum absolute atomic E-state index is 0.489. The SMILES string of the molecule is CC(C)CS(=O)Cc1cccc(CN)c1. The van der Waals surface area contributed by atoms with Crippen molar-refractivity contribution in [3.63, 3.8) is 0 Å². The highest BCUT2D eigenvalue weighted by molar-refractivity contribution is 7.84. The Balaban J connectivity index is 2.60. The van der Waals surface area contributed by atoms with Gasteiger partial charge in [0.25, 0.3) is 0 Å². The van der Waals surface area contributed by atoms with Crippen molar-refractivity contribution in [1.82, 2.24) is 0 Å². The highest BCUT2D eigenvalue weighted by Crippen LogP contribution is 2.09. The first-order valence-electron chi connectivity index (χ1n) is 5.24. The van der Waals surface area contributed by atoms with E-state index < -0.39 is 10.8 Å². The van der Waals surface area contributed by atoms with E-state index in [1.807, 2.05) is 24.3 Å². The number of hydrogen-bond donors (Lipinski definition) is 1. The van der Waals surface area contributed by atoms with Gasteiger partial charge in [0.1, 0.15) is 0 Å². The van der Waals surface area contributed by atoms with Crippen LogP contribution in [0.3, 0.4) is 0 Å². The van der Waals surface area contributed by atoms with Gasteiger partial charge in [-0.25, -0.2) is 0 Å². The maximum Gasteiger partial charge on any atom is 0.0485 e. The van der Waals surface area contributed by atoms with Crippen molar-refractivity contribution in [2.45, 2.75) is 26.1 Å². The van der Waals surface area contributed by atoms with Gasteiger partial charge in [-0.2, -0.15) is 0 Å². The fraction of sp³-hybridized carbons (Fsp3) is 0.500. The van der Waals surface area contributed by atoms with E-state index in [2.05, 4.69) is 13.8 Å². The Hall–Kier alpha value is -0.670. The molecule has 1 rings (SSSR count). The average Bonchev–Trinajstić information content (AvgIpc) is 2.16. The largest absolute Gasteiger partial charge is 0.326 e. The van der Waals surface area contributed by atoms with E-state index in [1.54, 1.807) is 0 Å². The van der Waals surface area contributed by atoms with Crippen molar-refractivity contribution in [3.05, 3.63) is 35.4 Å². The second-order valence-electron chi connectivity index (χ2n) is 4.17. The van der Waals surface area contributed by atoms with Gasteiger partial charge in [-0.15, -0.1) is 0 Å². The first kappa shape index (κ1) is 12.4. The summed E-state index contributed by atoms with van der Waals surface area (Å²) in [4.78, 5) is 0. The standard InChI is InChI=1S/C12H19NOS/c1-10(2)8-15(14)9-12-5-3-4-11(6-12)7-13/h3-6,10H,7-9,13H2,1-2H3. The maximum absolute atomic E-state index is 11.7. The van der Waals surface area contributed by atoms with Gasteiger partial charge in [-0.05, 0) is 17.0 Å². The first-order chi connectivity index (χ1) is 7.11. The Kier molecular flexibility index (Phi) is 4.99. The van der Waals surface area contributed by atoms with Gasteiger partial charge in [0.15, 0.2) is 0 Å². The zero-order valence-electron chi connectivity index (χ0n) is 9.40. The Morgan fingerprint density at radius 2 is 2.00 bits per heavy atom. The molecule has 2 N–H and O–H groups in total. The molecule has 84 valence electrons. The predicted molar refractivity (Wildman–Crippen MR) is 65.9 cm³/mol. The van der Waals surface area contributed by atoms with Gasteiger partial charge in [0, 0.05) is 28.9 Å². The lowest BCUT2D eigenvalue weighted by Gasteiger charge is -2.06. The Morgan fingerprint density at radius 1 is 1.33 bits per heavy atom. The van der Waals surface area contributed by atoms with Crippen LogP contribution in [-0.2, 0) is 23.1 Å². The quantitative estimate of drug-likeness (QED) is 0.833. The number of hydrogen-bond acceptors (Lipinski definition) is 2. The van der Waals surface area contributed by atoms with Gasteiger partial charge >= 0.3 is 0 Å². The predicted octanol–water partition coefficient (Wildman–Crippen LogP) is 2.05. The minimum atomic E-state index is -0.752. The Labute approximate surface area is 94.3 Å². The van der Waals surface area contributed by atoms with E-state index in [-0.39, 0.29) is 0 Å². The molecule has 0 radical (unpaired) electrons. The molecule has 0 heterocycles. The van der Waals surface area contributed by atoms with Crippen LogP contribution in [0.2, 0.25) is 0 Å². The van der Waals surface area contributed by atoms with Crippen molar-refractivity contribution in [1.29, 1.82) is 0 Å². The van der Waals surface area contributed by atoms with E-state index in [0.29, 0.717) is 18.2 Å². The van der Waals surface area contributed by atoms with Crippen LogP contribution in [0.15, 0.2) is 24.3 Å². The molecule has 0 bridgehead atoms. The van der Waals surface area contributed by atoms with Crippen molar-refractivity contribution in [2.24, 2.45) is 11.7 Å². The molecular formula is C12H19NOS. The van der Waals surface area contributed by atoms with Crippen molar-refractivity contribution >= 4 is 10.8 Å². The van der Waals surface area contributed by atoms with E-state index >= 15 is 0 Å². The summed E-state index contributed by atoms with van der Waals surface area (Å²) < 4.78 is 11.7. The summed E-state index contributed by atoms with van der Waals surface area (Å²) in [5, 5.41) is 0. The molecule has 1 unspecified atom stereocenters. The fourth-order valence-corrected chi connectivity index (χ4v) is 2.88. The molecule has 0 aliphatic rings. The highest BCUT2D eigenvalue weighted by Gasteiger charge is 2.04. The molecule has 0 amide bonds. The minimum Gasteiger partial charge on any atom is -0.326 e. The van der Waals surface area contributed by atoms with Gasteiger partial charge in [-0.3, -0.25) is 4.21 Å². The molecule has 1 atom stereocenters. The second-order valence-corrected chi connectivity index (χ2v) is 5.67. The summed E-state index contributed by atoms with van der Waals surface area (Å²) in [6, 6.07) is 8.02. The maximum atomic E-state index is 11.7. The van der Waals surface area contributed by atoms with Crippen LogP contribution in [0, 0.1) is 5.92 Å². The zero-order valence-corrected chi connectivity index (χ0v) is 10.2. The second kappa shape index (κ2) is 6.03. The highest BCUT2D eigenvalue weighted by atomic mass is 32.2. The van der Waals surface area contributed by atoms with E-state index in [0.717, 1.165) is 16.9 Å². The lowest BCUT2D eigenvalue weighted by molar-refractivity contribution is 0.664. The van der Waals surface area contributed by atoms with Gasteiger partial charge < -0.3 is 5.73 Å². The topological polar surface area (TPSA) is 43.1 Å². The normalized spacial score (nSPS) is 13.1.